The van der Waals surface area contributed by atoms with E-state index in [-0.39, 0.29) is 29.1 Å². The summed E-state index contributed by atoms with van der Waals surface area (Å²) in [5, 5.41) is 11.2. The molecule has 0 spiro atoms. The summed E-state index contributed by atoms with van der Waals surface area (Å²) in [7, 11) is 0. The number of azide groups is 3. The van der Waals surface area contributed by atoms with Crippen molar-refractivity contribution in [3.05, 3.63) is 31.3 Å². The van der Waals surface area contributed by atoms with E-state index in [4.69, 9.17) is 30.8 Å². The summed E-state index contributed by atoms with van der Waals surface area (Å²) in [5.41, 5.74) is 26.4. The zero-order chi connectivity index (χ0) is 32.3. The zero-order valence-corrected chi connectivity index (χ0v) is 28.2. The highest BCUT2D eigenvalue weighted by atomic mass is 16.5. The second-order valence-corrected chi connectivity index (χ2v) is 14.7. The van der Waals surface area contributed by atoms with Crippen LogP contribution in [0.4, 0.5) is 0 Å². The first-order valence-electron chi connectivity index (χ1n) is 17.7. The quantitative estimate of drug-likeness (QED) is 0.0637. The lowest BCUT2D eigenvalue weighted by atomic mass is 9.43. The molecule has 0 bridgehead atoms. The lowest BCUT2D eigenvalue weighted by Gasteiger charge is -2.65. The molecule has 4 aliphatic carbocycles. The first kappa shape index (κ1) is 35.7. The molecule has 11 atom stereocenters. The molecule has 0 aliphatic heterocycles. The first-order valence-corrected chi connectivity index (χ1v) is 17.7. The molecule has 4 saturated carbocycles. The molecule has 4 rings (SSSR count). The Kier molecular flexibility index (Phi) is 13.6. The Balaban J connectivity index is 1.61. The van der Waals surface area contributed by atoms with Gasteiger partial charge in [0, 0.05) is 59.6 Å². The van der Waals surface area contributed by atoms with Crippen LogP contribution in [-0.4, -0.2) is 57.8 Å². The minimum Gasteiger partial charge on any atom is -0.378 e. The standard InChI is InChI=1S/C33H57N9O3/c1-5-9-23(2)26-10-11-27-31-28(22-30(33(26,27)4)45-19-8-16-39-42-36)32(3)13-12-25(43-17-6-14-37-40-34)20-24(32)21-29(31)44-18-7-15-38-41-35/h23-31H,5-22H2,1-4H3/t23-,24+,25-,26-,27+,28+,29-,30+,31+,32+,33-/m1/s1. The van der Waals surface area contributed by atoms with Gasteiger partial charge in [0.1, 0.15) is 0 Å². The second-order valence-electron chi connectivity index (χ2n) is 14.7. The molecule has 0 N–H and O–H groups in total. The number of rotatable bonds is 18. The van der Waals surface area contributed by atoms with Gasteiger partial charge in [0.15, 0.2) is 0 Å². The van der Waals surface area contributed by atoms with Gasteiger partial charge in [-0.15, -0.1) is 0 Å². The van der Waals surface area contributed by atoms with Crippen molar-refractivity contribution < 1.29 is 14.2 Å². The molecule has 45 heavy (non-hydrogen) atoms. The number of ether oxygens (including phenoxy) is 3. The predicted molar refractivity (Wildman–Crippen MR) is 175 cm³/mol. The minimum atomic E-state index is 0.0797. The second kappa shape index (κ2) is 17.1. The van der Waals surface area contributed by atoms with Gasteiger partial charge in [-0.05, 0) is 122 Å². The molecule has 4 aliphatic rings. The molecule has 0 saturated heterocycles. The molecular weight excluding hydrogens is 570 g/mol. The molecule has 0 amide bonds. The van der Waals surface area contributed by atoms with Crippen molar-refractivity contribution in [1.29, 1.82) is 0 Å². The van der Waals surface area contributed by atoms with E-state index in [0.717, 1.165) is 51.4 Å². The van der Waals surface area contributed by atoms with Crippen LogP contribution in [0.25, 0.3) is 31.3 Å². The fraction of sp³-hybridized carbons (Fsp3) is 1.00. The van der Waals surface area contributed by atoms with Crippen LogP contribution in [0.5, 0.6) is 0 Å². The maximum Gasteiger partial charge on any atom is 0.0637 e. The zero-order valence-electron chi connectivity index (χ0n) is 28.2. The van der Waals surface area contributed by atoms with Crippen LogP contribution < -0.4 is 0 Å². The van der Waals surface area contributed by atoms with Gasteiger partial charge in [0.05, 0.1) is 18.3 Å². The average Bonchev–Trinajstić information content (AvgIpc) is 3.39. The van der Waals surface area contributed by atoms with E-state index in [1.807, 2.05) is 0 Å². The van der Waals surface area contributed by atoms with E-state index in [1.54, 1.807) is 0 Å². The van der Waals surface area contributed by atoms with Crippen molar-refractivity contribution in [3.8, 4) is 0 Å². The van der Waals surface area contributed by atoms with Crippen molar-refractivity contribution in [2.24, 2.45) is 61.7 Å². The van der Waals surface area contributed by atoms with Crippen LogP contribution in [0, 0.1) is 46.3 Å². The molecule has 4 fully saturated rings. The van der Waals surface area contributed by atoms with Crippen molar-refractivity contribution in [3.63, 3.8) is 0 Å². The lowest BCUT2D eigenvalue weighted by Crippen LogP contribution is -2.63. The molecular formula is C33H57N9O3. The summed E-state index contributed by atoms with van der Waals surface area (Å²) in [5.74, 6) is 3.30. The van der Waals surface area contributed by atoms with E-state index in [9.17, 15) is 0 Å². The molecule has 12 nitrogen and oxygen atoms in total. The van der Waals surface area contributed by atoms with E-state index < -0.39 is 0 Å². The van der Waals surface area contributed by atoms with E-state index in [1.165, 1.54) is 25.7 Å². The number of hydrogen-bond acceptors (Lipinski definition) is 6. The Morgan fingerprint density at radius 1 is 0.778 bits per heavy atom. The number of nitrogens with zero attached hydrogens (tertiary/aromatic N) is 9. The Bertz CT molecular complexity index is 1090. The minimum absolute atomic E-state index is 0.0797. The van der Waals surface area contributed by atoms with Crippen molar-refractivity contribution in [2.45, 2.75) is 123 Å². The highest BCUT2D eigenvalue weighted by Gasteiger charge is 2.66. The topological polar surface area (TPSA) is 174 Å². The van der Waals surface area contributed by atoms with Crippen LogP contribution in [0.3, 0.4) is 0 Å². The number of fused-ring (bicyclic) bond motifs is 5. The molecule has 0 unspecified atom stereocenters. The fourth-order valence-electron chi connectivity index (χ4n) is 10.5. The van der Waals surface area contributed by atoms with E-state index >= 15 is 0 Å². The van der Waals surface area contributed by atoms with Gasteiger partial charge in [-0.1, -0.05) is 55.9 Å². The first-order chi connectivity index (χ1) is 21.8. The molecule has 0 radical (unpaired) electrons. The third-order valence-corrected chi connectivity index (χ3v) is 12.6. The highest BCUT2D eigenvalue weighted by molar-refractivity contribution is 5.15. The predicted octanol–water partition coefficient (Wildman–Crippen LogP) is 9.56. The Morgan fingerprint density at radius 3 is 2.02 bits per heavy atom. The van der Waals surface area contributed by atoms with Gasteiger partial charge < -0.3 is 14.2 Å². The monoisotopic (exact) mass is 627 g/mol. The van der Waals surface area contributed by atoms with Gasteiger partial charge in [-0.25, -0.2) is 0 Å². The summed E-state index contributed by atoms with van der Waals surface area (Å²) < 4.78 is 20.1. The van der Waals surface area contributed by atoms with Crippen LogP contribution >= 0.6 is 0 Å². The van der Waals surface area contributed by atoms with Gasteiger partial charge in [-0.3, -0.25) is 0 Å². The summed E-state index contributed by atoms with van der Waals surface area (Å²) >= 11 is 0. The molecule has 0 aromatic heterocycles. The smallest absolute Gasteiger partial charge is 0.0637 e. The Morgan fingerprint density at radius 2 is 1.40 bits per heavy atom. The van der Waals surface area contributed by atoms with Crippen LogP contribution in [0.15, 0.2) is 15.3 Å². The van der Waals surface area contributed by atoms with Crippen LogP contribution in [-0.2, 0) is 14.2 Å². The molecule has 12 heteroatoms. The largest absolute Gasteiger partial charge is 0.378 e. The maximum absolute atomic E-state index is 8.78. The van der Waals surface area contributed by atoms with E-state index in [0.29, 0.717) is 75.0 Å². The molecule has 0 aromatic carbocycles. The van der Waals surface area contributed by atoms with Crippen molar-refractivity contribution in [1.82, 2.24) is 0 Å². The third-order valence-electron chi connectivity index (χ3n) is 12.6. The maximum atomic E-state index is 8.78. The lowest BCUT2D eigenvalue weighted by molar-refractivity contribution is -0.227. The average molecular weight is 628 g/mol. The summed E-state index contributed by atoms with van der Waals surface area (Å²) in [6, 6.07) is 0. The summed E-state index contributed by atoms with van der Waals surface area (Å²) in [6.45, 7) is 13.1. The van der Waals surface area contributed by atoms with Crippen molar-refractivity contribution >= 4 is 0 Å². The normalized spacial score (nSPS) is 37.6. The summed E-state index contributed by atoms with van der Waals surface area (Å²) in [6.07, 6.45) is 13.1. The molecule has 0 heterocycles. The number of hydrogen-bond donors (Lipinski definition) is 0. The molecule has 0 aromatic rings. The Labute approximate surface area is 269 Å². The van der Waals surface area contributed by atoms with E-state index in [2.05, 4.69) is 57.8 Å². The van der Waals surface area contributed by atoms with Gasteiger partial charge >= 0.3 is 0 Å². The summed E-state index contributed by atoms with van der Waals surface area (Å²) in [4.78, 5) is 8.74. The highest BCUT2D eigenvalue weighted by Crippen LogP contribution is 2.69. The van der Waals surface area contributed by atoms with Gasteiger partial charge in [-0.2, -0.15) is 0 Å². The van der Waals surface area contributed by atoms with Gasteiger partial charge in [0.2, 0.25) is 0 Å². The SMILES string of the molecule is CCC[C@@H](C)[C@H]1CC[C@H]2[C@@H]3[C@H](OCCCN=[N+]=[N-])C[C@@H]4C[C@H](OCCCN=[N+]=[N-])CC[C@]4(C)[C@H]3C[C@H](OCCCN=[N+]=[N-])[C@]12C. The fourth-order valence-corrected chi connectivity index (χ4v) is 10.5. The van der Waals surface area contributed by atoms with Crippen LogP contribution in [0.2, 0.25) is 0 Å². The van der Waals surface area contributed by atoms with Crippen molar-refractivity contribution in [2.75, 3.05) is 39.5 Å². The van der Waals surface area contributed by atoms with Gasteiger partial charge in [0.25, 0.3) is 0 Å². The third kappa shape index (κ3) is 8.04. The molecule has 252 valence electrons. The van der Waals surface area contributed by atoms with Crippen LogP contribution in [0.1, 0.15) is 105 Å². The Hall–Kier alpha value is -2.19.